The summed E-state index contributed by atoms with van der Waals surface area (Å²) in [5.41, 5.74) is 0.677. The molecular formula is C15H17N3O3S. The number of thioether (sulfide) groups is 1. The molecule has 0 spiro atoms. The van der Waals surface area contributed by atoms with E-state index in [1.54, 1.807) is 30.9 Å². The van der Waals surface area contributed by atoms with Gasteiger partial charge in [0.15, 0.2) is 5.75 Å². The van der Waals surface area contributed by atoms with Crippen LogP contribution >= 0.6 is 11.8 Å². The molecule has 22 heavy (non-hydrogen) atoms. The summed E-state index contributed by atoms with van der Waals surface area (Å²) in [5, 5.41) is 12.5. The van der Waals surface area contributed by atoms with Gasteiger partial charge in [-0.15, -0.1) is 11.8 Å². The second-order valence-corrected chi connectivity index (χ2v) is 5.80. The van der Waals surface area contributed by atoms with Crippen LogP contribution < -0.4 is 10.7 Å². The highest BCUT2D eigenvalue weighted by molar-refractivity contribution is 8.00. The lowest BCUT2D eigenvalue weighted by Crippen LogP contribution is -2.27. The molecule has 0 fully saturated rings. The quantitative estimate of drug-likeness (QED) is 0.809. The molecule has 0 saturated carbocycles. The molecule has 0 aliphatic carbocycles. The van der Waals surface area contributed by atoms with Gasteiger partial charge in [-0.1, -0.05) is 0 Å². The third-order valence-electron chi connectivity index (χ3n) is 3.25. The minimum atomic E-state index is -0.439. The maximum atomic E-state index is 11.9. The summed E-state index contributed by atoms with van der Waals surface area (Å²) in [7, 11) is 1.74. The first-order valence-electron chi connectivity index (χ1n) is 6.67. The van der Waals surface area contributed by atoms with Gasteiger partial charge in [-0.2, -0.15) is 0 Å². The van der Waals surface area contributed by atoms with E-state index < -0.39 is 5.43 Å². The van der Waals surface area contributed by atoms with Crippen LogP contribution in [0.1, 0.15) is 11.4 Å². The summed E-state index contributed by atoms with van der Waals surface area (Å²) in [5.74, 6) is -0.241. The van der Waals surface area contributed by atoms with Gasteiger partial charge in [0.1, 0.15) is 0 Å². The van der Waals surface area contributed by atoms with Crippen molar-refractivity contribution in [2.75, 3.05) is 5.75 Å². The van der Waals surface area contributed by atoms with Gasteiger partial charge in [-0.05, 0) is 19.1 Å². The summed E-state index contributed by atoms with van der Waals surface area (Å²) >= 11 is 1.40. The fraction of sp³-hybridized carbons (Fsp3) is 0.267. The van der Waals surface area contributed by atoms with Crippen LogP contribution in [-0.2, 0) is 18.4 Å². The first-order valence-corrected chi connectivity index (χ1v) is 7.65. The van der Waals surface area contributed by atoms with Gasteiger partial charge in [0, 0.05) is 36.1 Å². The average Bonchev–Trinajstić information content (AvgIpc) is 2.52. The molecular weight excluding hydrogens is 302 g/mol. The van der Waals surface area contributed by atoms with E-state index in [0.29, 0.717) is 5.69 Å². The van der Waals surface area contributed by atoms with Crippen molar-refractivity contribution in [1.29, 1.82) is 0 Å². The number of nitrogens with zero attached hydrogens (tertiary/aromatic N) is 2. The maximum absolute atomic E-state index is 11.9. The summed E-state index contributed by atoms with van der Waals surface area (Å²) in [6, 6.07) is 5.02. The molecule has 2 rings (SSSR count). The van der Waals surface area contributed by atoms with Crippen LogP contribution in [0.3, 0.4) is 0 Å². The smallest absolute Gasteiger partial charge is 0.230 e. The zero-order valence-corrected chi connectivity index (χ0v) is 13.2. The minimum absolute atomic E-state index is 0.106. The zero-order valence-electron chi connectivity index (χ0n) is 12.4. The molecule has 7 heteroatoms. The Morgan fingerprint density at radius 3 is 2.77 bits per heavy atom. The summed E-state index contributed by atoms with van der Waals surface area (Å²) in [4.78, 5) is 28.3. The second-order valence-electron chi connectivity index (χ2n) is 4.75. The highest BCUT2D eigenvalue weighted by atomic mass is 32.2. The molecule has 0 bridgehead atoms. The van der Waals surface area contributed by atoms with Crippen molar-refractivity contribution in [3.05, 3.63) is 52.2 Å². The van der Waals surface area contributed by atoms with Crippen LogP contribution in [0.2, 0.25) is 0 Å². The van der Waals surface area contributed by atoms with Gasteiger partial charge in [-0.25, -0.2) is 0 Å². The van der Waals surface area contributed by atoms with Crippen molar-refractivity contribution < 1.29 is 9.90 Å². The van der Waals surface area contributed by atoms with E-state index >= 15 is 0 Å². The Labute approximate surface area is 132 Å². The molecule has 2 aromatic heterocycles. The van der Waals surface area contributed by atoms with Crippen LogP contribution in [-0.4, -0.2) is 26.3 Å². The number of carbonyl (C=O) groups excluding carboxylic acids is 1. The molecule has 2 heterocycles. The van der Waals surface area contributed by atoms with E-state index in [4.69, 9.17) is 0 Å². The molecule has 2 N–H and O–H groups in total. The van der Waals surface area contributed by atoms with E-state index in [-0.39, 0.29) is 24.0 Å². The molecule has 0 radical (unpaired) electrons. The maximum Gasteiger partial charge on any atom is 0.230 e. The van der Waals surface area contributed by atoms with E-state index in [9.17, 15) is 14.7 Å². The first-order chi connectivity index (χ1) is 10.5. The van der Waals surface area contributed by atoms with Crippen molar-refractivity contribution in [3.8, 4) is 5.75 Å². The standard InChI is InChI=1S/C15H17N3O3S/c1-10-7-13(19)15(21)12(18(10)2)8-17-14(20)9-22-11-3-5-16-6-4-11/h3-7,21H,8-9H2,1-2H3,(H,17,20). The predicted octanol–water partition coefficient (Wildman–Crippen LogP) is 1.20. The number of rotatable bonds is 5. The number of nitrogens with one attached hydrogen (secondary N) is 1. The Bertz CT molecular complexity index is 729. The van der Waals surface area contributed by atoms with Gasteiger partial charge >= 0.3 is 0 Å². The Balaban J connectivity index is 1.96. The van der Waals surface area contributed by atoms with Crippen LogP contribution in [0.4, 0.5) is 0 Å². The van der Waals surface area contributed by atoms with Crippen LogP contribution in [0.25, 0.3) is 0 Å². The molecule has 0 unspecified atom stereocenters. The van der Waals surface area contributed by atoms with Crippen molar-refractivity contribution in [2.24, 2.45) is 7.05 Å². The van der Waals surface area contributed by atoms with E-state index in [0.717, 1.165) is 10.6 Å². The van der Waals surface area contributed by atoms with Crippen molar-refractivity contribution in [1.82, 2.24) is 14.9 Å². The largest absolute Gasteiger partial charge is 0.503 e. The lowest BCUT2D eigenvalue weighted by molar-refractivity contribution is -0.118. The molecule has 1 amide bonds. The number of amides is 1. The third-order valence-corrected chi connectivity index (χ3v) is 4.27. The minimum Gasteiger partial charge on any atom is -0.503 e. The van der Waals surface area contributed by atoms with Crippen LogP contribution in [0, 0.1) is 6.92 Å². The normalized spacial score (nSPS) is 10.5. The van der Waals surface area contributed by atoms with E-state index in [2.05, 4.69) is 10.3 Å². The number of hydrogen-bond acceptors (Lipinski definition) is 5. The Hall–Kier alpha value is -2.28. The number of aromatic hydroxyl groups is 1. The number of aromatic nitrogens is 2. The van der Waals surface area contributed by atoms with Gasteiger partial charge in [0.25, 0.3) is 0 Å². The summed E-state index contributed by atoms with van der Waals surface area (Å²) < 4.78 is 1.69. The van der Waals surface area contributed by atoms with Gasteiger partial charge in [0.2, 0.25) is 11.3 Å². The number of carbonyl (C=O) groups is 1. The lowest BCUT2D eigenvalue weighted by Gasteiger charge is -2.14. The Kier molecular flexibility index (Phi) is 5.21. The third kappa shape index (κ3) is 3.88. The molecule has 0 aliphatic rings. The van der Waals surface area contributed by atoms with Crippen LogP contribution in [0.5, 0.6) is 5.75 Å². The number of aryl methyl sites for hydroxylation is 1. The fourth-order valence-corrected chi connectivity index (χ4v) is 2.60. The van der Waals surface area contributed by atoms with Gasteiger partial charge in [-0.3, -0.25) is 14.6 Å². The first kappa shape index (κ1) is 16.1. The molecule has 2 aromatic rings. The second kappa shape index (κ2) is 7.13. The Morgan fingerprint density at radius 2 is 2.09 bits per heavy atom. The van der Waals surface area contributed by atoms with Crippen molar-refractivity contribution in [3.63, 3.8) is 0 Å². The molecule has 116 valence electrons. The highest BCUT2D eigenvalue weighted by Gasteiger charge is 2.12. The molecule has 6 nitrogen and oxygen atoms in total. The van der Waals surface area contributed by atoms with Gasteiger partial charge < -0.3 is 15.0 Å². The van der Waals surface area contributed by atoms with Crippen LogP contribution in [0.15, 0.2) is 40.3 Å². The monoisotopic (exact) mass is 319 g/mol. The Morgan fingerprint density at radius 1 is 1.41 bits per heavy atom. The fourth-order valence-electron chi connectivity index (χ4n) is 1.89. The number of hydrogen-bond donors (Lipinski definition) is 2. The summed E-state index contributed by atoms with van der Waals surface area (Å²) in [6.07, 6.45) is 3.33. The molecule has 0 aliphatic heterocycles. The molecule has 0 saturated heterocycles. The highest BCUT2D eigenvalue weighted by Crippen LogP contribution is 2.16. The topological polar surface area (TPSA) is 84.2 Å². The predicted molar refractivity (Wildman–Crippen MR) is 84.9 cm³/mol. The van der Waals surface area contributed by atoms with Gasteiger partial charge in [0.05, 0.1) is 18.0 Å². The van der Waals surface area contributed by atoms with E-state index in [1.165, 1.54) is 17.8 Å². The zero-order chi connectivity index (χ0) is 16.1. The molecule has 0 atom stereocenters. The van der Waals surface area contributed by atoms with Crippen molar-refractivity contribution in [2.45, 2.75) is 18.4 Å². The average molecular weight is 319 g/mol. The van der Waals surface area contributed by atoms with E-state index in [1.807, 2.05) is 12.1 Å². The summed E-state index contributed by atoms with van der Waals surface area (Å²) in [6.45, 7) is 1.88. The number of pyridine rings is 2. The lowest BCUT2D eigenvalue weighted by atomic mass is 10.2. The SMILES string of the molecule is Cc1cc(=O)c(O)c(CNC(=O)CSc2ccncc2)n1C. The molecule has 0 aromatic carbocycles. The van der Waals surface area contributed by atoms with Crippen molar-refractivity contribution >= 4 is 17.7 Å².